The number of hydrogen-bond acceptors (Lipinski definition) is 3. The summed E-state index contributed by atoms with van der Waals surface area (Å²) in [7, 11) is 0. The SMILES string of the molecule is c1ccc(-c2cc(-n3c(CC4c5ccccc5-c5c4ccc4c5oc5ccccc54)cc4ccccc43)nc(-c3ccccc3)n2)cc1. The summed E-state index contributed by atoms with van der Waals surface area (Å²) in [6.45, 7) is 0. The van der Waals surface area contributed by atoms with Gasteiger partial charge in [-0.2, -0.15) is 0 Å². The topological polar surface area (TPSA) is 43.9 Å². The number of hydrogen-bond donors (Lipinski definition) is 0. The van der Waals surface area contributed by atoms with Crippen LogP contribution in [0.4, 0.5) is 0 Å². The molecule has 48 heavy (non-hydrogen) atoms. The summed E-state index contributed by atoms with van der Waals surface area (Å²) in [5.74, 6) is 1.72. The number of furan rings is 1. The minimum Gasteiger partial charge on any atom is -0.455 e. The van der Waals surface area contributed by atoms with Gasteiger partial charge in [-0.3, -0.25) is 4.57 Å². The molecule has 0 amide bonds. The van der Waals surface area contributed by atoms with Crippen molar-refractivity contribution in [2.24, 2.45) is 0 Å². The number of aromatic nitrogens is 3. The number of rotatable bonds is 5. The molecule has 0 bridgehead atoms. The third-order valence-corrected chi connectivity index (χ3v) is 9.80. The summed E-state index contributed by atoms with van der Waals surface area (Å²) in [6, 6.07) is 55.5. The van der Waals surface area contributed by atoms with Gasteiger partial charge in [-0.1, -0.05) is 133 Å². The van der Waals surface area contributed by atoms with Crippen LogP contribution < -0.4 is 0 Å². The highest BCUT2D eigenvalue weighted by Crippen LogP contribution is 2.51. The van der Waals surface area contributed by atoms with Crippen LogP contribution >= 0.6 is 0 Å². The van der Waals surface area contributed by atoms with Crippen molar-refractivity contribution in [2.75, 3.05) is 0 Å². The molecule has 0 saturated heterocycles. The van der Waals surface area contributed by atoms with Gasteiger partial charge in [-0.15, -0.1) is 0 Å². The lowest BCUT2D eigenvalue weighted by Gasteiger charge is -2.17. The lowest BCUT2D eigenvalue weighted by molar-refractivity contribution is 0.669. The largest absolute Gasteiger partial charge is 0.455 e. The van der Waals surface area contributed by atoms with Crippen LogP contribution in [0, 0.1) is 0 Å². The molecule has 1 unspecified atom stereocenters. The van der Waals surface area contributed by atoms with Crippen LogP contribution in [0.3, 0.4) is 0 Å². The van der Waals surface area contributed by atoms with Gasteiger partial charge in [0.15, 0.2) is 5.82 Å². The molecule has 1 atom stereocenters. The molecule has 3 aromatic heterocycles. The van der Waals surface area contributed by atoms with Crippen molar-refractivity contribution >= 4 is 32.8 Å². The molecule has 4 nitrogen and oxygen atoms in total. The van der Waals surface area contributed by atoms with Crippen molar-refractivity contribution in [2.45, 2.75) is 12.3 Å². The Morgan fingerprint density at radius 1 is 0.583 bits per heavy atom. The van der Waals surface area contributed by atoms with Crippen molar-refractivity contribution < 1.29 is 4.42 Å². The zero-order chi connectivity index (χ0) is 31.6. The van der Waals surface area contributed by atoms with Gasteiger partial charge in [0.25, 0.3) is 0 Å². The minimum absolute atomic E-state index is 0.154. The Morgan fingerprint density at radius 3 is 2.19 bits per heavy atom. The molecule has 0 N–H and O–H groups in total. The fraction of sp³-hybridized carbons (Fsp3) is 0.0455. The molecule has 0 spiro atoms. The number of fused-ring (bicyclic) bond motifs is 8. The van der Waals surface area contributed by atoms with Gasteiger partial charge in [-0.05, 0) is 41.3 Å². The molecule has 226 valence electrons. The number of para-hydroxylation sites is 2. The molecule has 0 saturated carbocycles. The average Bonchev–Trinajstić information content (AvgIpc) is 3.82. The maximum absolute atomic E-state index is 6.58. The van der Waals surface area contributed by atoms with E-state index in [4.69, 9.17) is 14.4 Å². The lowest BCUT2D eigenvalue weighted by Crippen LogP contribution is -2.09. The summed E-state index contributed by atoms with van der Waals surface area (Å²) >= 11 is 0. The quantitative estimate of drug-likeness (QED) is 0.193. The Labute approximate surface area is 277 Å². The normalized spacial score (nSPS) is 13.7. The van der Waals surface area contributed by atoms with E-state index in [1.807, 2.05) is 30.3 Å². The first-order valence-corrected chi connectivity index (χ1v) is 16.4. The predicted octanol–water partition coefficient (Wildman–Crippen LogP) is 11.0. The van der Waals surface area contributed by atoms with Gasteiger partial charge < -0.3 is 4.42 Å². The van der Waals surface area contributed by atoms with Crippen LogP contribution in [-0.4, -0.2) is 14.5 Å². The lowest BCUT2D eigenvalue weighted by atomic mass is 9.91. The molecule has 10 rings (SSSR count). The second-order valence-electron chi connectivity index (χ2n) is 12.5. The molecule has 1 aliphatic rings. The van der Waals surface area contributed by atoms with Gasteiger partial charge in [-0.25, -0.2) is 9.97 Å². The monoisotopic (exact) mass is 615 g/mol. The van der Waals surface area contributed by atoms with E-state index in [1.165, 1.54) is 33.3 Å². The third-order valence-electron chi connectivity index (χ3n) is 9.80. The van der Waals surface area contributed by atoms with E-state index in [1.54, 1.807) is 0 Å². The Hall–Kier alpha value is -6.26. The smallest absolute Gasteiger partial charge is 0.162 e. The second kappa shape index (κ2) is 10.6. The highest BCUT2D eigenvalue weighted by atomic mass is 16.3. The van der Waals surface area contributed by atoms with Crippen molar-refractivity contribution in [3.05, 3.63) is 175 Å². The highest BCUT2D eigenvalue weighted by molar-refractivity contribution is 6.11. The summed E-state index contributed by atoms with van der Waals surface area (Å²) in [5, 5.41) is 3.51. The van der Waals surface area contributed by atoms with E-state index in [2.05, 4.69) is 132 Å². The average molecular weight is 616 g/mol. The van der Waals surface area contributed by atoms with E-state index in [0.717, 1.165) is 56.5 Å². The fourth-order valence-corrected chi connectivity index (χ4v) is 7.65. The maximum Gasteiger partial charge on any atom is 0.162 e. The Kier molecular flexibility index (Phi) is 5.97. The first kappa shape index (κ1) is 26.9. The van der Waals surface area contributed by atoms with Gasteiger partial charge in [0.05, 0.1) is 11.2 Å². The third kappa shape index (κ3) is 4.16. The van der Waals surface area contributed by atoms with Crippen molar-refractivity contribution in [3.63, 3.8) is 0 Å². The second-order valence-corrected chi connectivity index (χ2v) is 12.5. The Bertz CT molecular complexity index is 2590. The molecule has 0 radical (unpaired) electrons. The van der Waals surface area contributed by atoms with E-state index in [0.29, 0.717) is 5.82 Å². The van der Waals surface area contributed by atoms with Gasteiger partial charge >= 0.3 is 0 Å². The van der Waals surface area contributed by atoms with E-state index in [-0.39, 0.29) is 5.92 Å². The number of benzene rings is 6. The molecule has 6 aromatic carbocycles. The molecular weight excluding hydrogens is 587 g/mol. The fourth-order valence-electron chi connectivity index (χ4n) is 7.65. The molecule has 1 aliphatic carbocycles. The first-order valence-electron chi connectivity index (χ1n) is 16.4. The van der Waals surface area contributed by atoms with Crippen LogP contribution in [0.5, 0.6) is 0 Å². The summed E-state index contributed by atoms with van der Waals surface area (Å²) in [4.78, 5) is 10.3. The zero-order valence-electron chi connectivity index (χ0n) is 26.0. The molecule has 4 heteroatoms. The van der Waals surface area contributed by atoms with E-state index >= 15 is 0 Å². The Morgan fingerprint density at radius 2 is 1.31 bits per heavy atom. The molecule has 0 fully saturated rings. The van der Waals surface area contributed by atoms with Gasteiger partial charge in [0.2, 0.25) is 0 Å². The van der Waals surface area contributed by atoms with Crippen LogP contribution in [0.1, 0.15) is 22.7 Å². The molecule has 9 aromatic rings. The zero-order valence-corrected chi connectivity index (χ0v) is 26.0. The first-order chi connectivity index (χ1) is 23.8. The van der Waals surface area contributed by atoms with Crippen molar-refractivity contribution in [3.8, 4) is 39.6 Å². The van der Waals surface area contributed by atoms with Crippen LogP contribution in [0.2, 0.25) is 0 Å². The standard InChI is InChI=1S/C44H29N3O/c1-3-13-28(14-4-1)38-27-41(46-44(45-38)29-15-5-2-6-16-29)47-31(25-30-17-7-11-21-39(30)47)26-37-32-18-8-9-20-34(32)42-35(37)23-24-36-33-19-10-12-22-40(33)48-43(36)42/h1-25,27,37H,26H2. The van der Waals surface area contributed by atoms with Crippen LogP contribution in [0.25, 0.3) is 72.4 Å². The van der Waals surface area contributed by atoms with Crippen LogP contribution in [0.15, 0.2) is 162 Å². The van der Waals surface area contributed by atoms with Crippen molar-refractivity contribution in [1.82, 2.24) is 14.5 Å². The van der Waals surface area contributed by atoms with Gasteiger partial charge in [0.1, 0.15) is 17.0 Å². The summed E-state index contributed by atoms with van der Waals surface area (Å²) < 4.78 is 8.92. The molecule has 0 aliphatic heterocycles. The van der Waals surface area contributed by atoms with Crippen molar-refractivity contribution in [1.29, 1.82) is 0 Å². The van der Waals surface area contributed by atoms with E-state index < -0.39 is 0 Å². The predicted molar refractivity (Wildman–Crippen MR) is 194 cm³/mol. The maximum atomic E-state index is 6.58. The molecular formula is C44H29N3O. The highest BCUT2D eigenvalue weighted by Gasteiger charge is 2.33. The summed E-state index contributed by atoms with van der Waals surface area (Å²) in [5.41, 5.74) is 12.3. The number of nitrogens with zero attached hydrogens (tertiary/aromatic N) is 3. The summed E-state index contributed by atoms with van der Waals surface area (Å²) in [6.07, 6.45) is 0.801. The van der Waals surface area contributed by atoms with Crippen LogP contribution in [-0.2, 0) is 6.42 Å². The molecule has 3 heterocycles. The van der Waals surface area contributed by atoms with Gasteiger partial charge in [0, 0.05) is 50.5 Å². The minimum atomic E-state index is 0.154. The Balaban J connectivity index is 1.18. The van der Waals surface area contributed by atoms with E-state index in [9.17, 15) is 0 Å².